The number of carbonyl (C=O) groups is 2. The number of nitrogens with one attached hydrogen (secondary N) is 1. The maximum Gasteiger partial charge on any atom is 0.306 e. The molecule has 20 heavy (non-hydrogen) atoms. The lowest BCUT2D eigenvalue weighted by Gasteiger charge is -2.10. The Labute approximate surface area is 117 Å². The lowest BCUT2D eigenvalue weighted by molar-refractivity contribution is -0.141. The lowest BCUT2D eigenvalue weighted by Crippen LogP contribution is -2.22. The first-order valence-electron chi connectivity index (χ1n) is 6.76. The Hall–Kier alpha value is -1.88. The number of carboxylic acid groups (broad SMARTS) is 1. The van der Waals surface area contributed by atoms with Gasteiger partial charge >= 0.3 is 5.97 Å². The van der Waals surface area contributed by atoms with Crippen LogP contribution in [0.4, 0.5) is 5.69 Å². The second-order valence-electron chi connectivity index (χ2n) is 5.19. The van der Waals surface area contributed by atoms with Crippen LogP contribution in [0.2, 0.25) is 0 Å². The molecule has 1 aromatic rings. The van der Waals surface area contributed by atoms with Crippen molar-refractivity contribution in [1.29, 1.82) is 0 Å². The second-order valence-corrected chi connectivity index (χ2v) is 5.19. The highest BCUT2D eigenvalue weighted by atomic mass is 16.5. The van der Waals surface area contributed by atoms with E-state index in [9.17, 15) is 9.59 Å². The summed E-state index contributed by atoms with van der Waals surface area (Å²) in [4.78, 5) is 22.7. The van der Waals surface area contributed by atoms with Crippen molar-refractivity contribution in [3.05, 3.63) is 29.8 Å². The minimum atomic E-state index is -0.802. The Morgan fingerprint density at radius 3 is 2.65 bits per heavy atom. The average molecular weight is 277 g/mol. The number of hydrogen-bond donors (Lipinski definition) is 2. The first-order chi connectivity index (χ1) is 9.56. The SMILES string of the molecule is CC(Cc1ccc(NC(=O)C2CCOC2)cc1)C(=O)O. The molecule has 2 unspecified atom stereocenters. The summed E-state index contributed by atoms with van der Waals surface area (Å²) in [6.45, 7) is 2.81. The smallest absolute Gasteiger partial charge is 0.306 e. The van der Waals surface area contributed by atoms with Gasteiger partial charge in [0.05, 0.1) is 18.4 Å². The van der Waals surface area contributed by atoms with Crippen molar-refractivity contribution >= 4 is 17.6 Å². The number of aliphatic carboxylic acids is 1. The van der Waals surface area contributed by atoms with E-state index in [0.29, 0.717) is 19.6 Å². The first-order valence-corrected chi connectivity index (χ1v) is 6.76. The van der Waals surface area contributed by atoms with E-state index in [1.807, 2.05) is 12.1 Å². The Morgan fingerprint density at radius 1 is 1.40 bits per heavy atom. The average Bonchev–Trinajstić information content (AvgIpc) is 2.95. The topological polar surface area (TPSA) is 75.6 Å². The zero-order chi connectivity index (χ0) is 14.5. The van der Waals surface area contributed by atoms with Gasteiger partial charge in [-0.2, -0.15) is 0 Å². The molecule has 1 aliphatic rings. The molecule has 2 N–H and O–H groups in total. The minimum Gasteiger partial charge on any atom is -0.481 e. The van der Waals surface area contributed by atoms with Crippen molar-refractivity contribution < 1.29 is 19.4 Å². The summed E-state index contributed by atoms with van der Waals surface area (Å²) in [5.74, 6) is -1.30. The molecule has 0 saturated carbocycles. The zero-order valence-electron chi connectivity index (χ0n) is 11.5. The molecular formula is C15H19NO4. The van der Waals surface area contributed by atoms with E-state index in [1.54, 1.807) is 19.1 Å². The minimum absolute atomic E-state index is 0.0193. The monoisotopic (exact) mass is 277 g/mol. The fraction of sp³-hybridized carbons (Fsp3) is 0.467. The van der Waals surface area contributed by atoms with Gasteiger partial charge < -0.3 is 15.2 Å². The summed E-state index contributed by atoms with van der Waals surface area (Å²) in [5.41, 5.74) is 1.68. The van der Waals surface area contributed by atoms with Gasteiger partial charge in [0.1, 0.15) is 0 Å². The van der Waals surface area contributed by atoms with E-state index in [-0.39, 0.29) is 11.8 Å². The van der Waals surface area contributed by atoms with Crippen LogP contribution in [0, 0.1) is 11.8 Å². The fourth-order valence-corrected chi connectivity index (χ4v) is 2.15. The fourth-order valence-electron chi connectivity index (χ4n) is 2.15. The van der Waals surface area contributed by atoms with Gasteiger partial charge in [0.15, 0.2) is 0 Å². The number of carbonyl (C=O) groups excluding carboxylic acids is 1. The van der Waals surface area contributed by atoms with Crippen LogP contribution in [0.5, 0.6) is 0 Å². The van der Waals surface area contributed by atoms with E-state index >= 15 is 0 Å². The summed E-state index contributed by atoms with van der Waals surface area (Å²) in [6, 6.07) is 7.30. The van der Waals surface area contributed by atoms with Crippen LogP contribution in [0.15, 0.2) is 24.3 Å². The predicted molar refractivity (Wildman–Crippen MR) is 74.5 cm³/mol. The highest BCUT2D eigenvalue weighted by Crippen LogP contribution is 2.17. The lowest BCUT2D eigenvalue weighted by atomic mass is 10.0. The van der Waals surface area contributed by atoms with Crippen molar-refractivity contribution in [2.24, 2.45) is 11.8 Å². The van der Waals surface area contributed by atoms with Crippen molar-refractivity contribution in [3.63, 3.8) is 0 Å². The normalized spacial score (nSPS) is 19.6. The zero-order valence-corrected chi connectivity index (χ0v) is 11.5. The molecule has 0 bridgehead atoms. The quantitative estimate of drug-likeness (QED) is 0.862. The predicted octanol–water partition coefficient (Wildman–Crippen LogP) is 1.92. The Kier molecular flexibility index (Phi) is 4.74. The molecule has 2 atom stereocenters. The third kappa shape index (κ3) is 3.81. The Balaban J connectivity index is 1.91. The first kappa shape index (κ1) is 14.5. The van der Waals surface area contributed by atoms with Gasteiger partial charge in [-0.05, 0) is 30.5 Å². The van der Waals surface area contributed by atoms with Crippen LogP contribution in [0.1, 0.15) is 18.9 Å². The van der Waals surface area contributed by atoms with Gasteiger partial charge in [0.25, 0.3) is 0 Å². The van der Waals surface area contributed by atoms with Crippen molar-refractivity contribution in [3.8, 4) is 0 Å². The maximum absolute atomic E-state index is 11.9. The summed E-state index contributed by atoms with van der Waals surface area (Å²) >= 11 is 0. The van der Waals surface area contributed by atoms with Crippen LogP contribution in [0.3, 0.4) is 0 Å². The molecule has 1 aliphatic heterocycles. The van der Waals surface area contributed by atoms with Crippen molar-refractivity contribution in [1.82, 2.24) is 0 Å². The van der Waals surface area contributed by atoms with Gasteiger partial charge in [-0.1, -0.05) is 19.1 Å². The summed E-state index contributed by atoms with van der Waals surface area (Å²) < 4.78 is 5.18. The molecule has 1 heterocycles. The van der Waals surface area contributed by atoms with E-state index < -0.39 is 11.9 Å². The molecule has 2 rings (SSSR count). The molecule has 1 saturated heterocycles. The third-order valence-electron chi connectivity index (χ3n) is 3.49. The molecule has 0 aromatic heterocycles. The molecule has 1 amide bonds. The number of benzene rings is 1. The van der Waals surface area contributed by atoms with E-state index in [1.165, 1.54) is 0 Å². The number of rotatable bonds is 5. The van der Waals surface area contributed by atoms with Gasteiger partial charge in [-0.15, -0.1) is 0 Å². The van der Waals surface area contributed by atoms with Crippen LogP contribution >= 0.6 is 0 Å². The summed E-state index contributed by atoms with van der Waals surface area (Å²) in [6.07, 6.45) is 1.25. The van der Waals surface area contributed by atoms with Gasteiger partial charge in [-0.3, -0.25) is 9.59 Å². The number of anilines is 1. The molecular weight excluding hydrogens is 258 g/mol. The molecule has 108 valence electrons. The molecule has 1 fully saturated rings. The van der Waals surface area contributed by atoms with Gasteiger partial charge in [0, 0.05) is 12.3 Å². The Morgan fingerprint density at radius 2 is 2.10 bits per heavy atom. The second kappa shape index (κ2) is 6.52. The standard InChI is InChI=1S/C15H19NO4/c1-10(15(18)19)8-11-2-4-13(5-3-11)16-14(17)12-6-7-20-9-12/h2-5,10,12H,6-9H2,1H3,(H,16,17)(H,18,19). The molecule has 1 aromatic carbocycles. The van der Waals surface area contributed by atoms with Crippen molar-refractivity contribution in [2.45, 2.75) is 19.8 Å². The van der Waals surface area contributed by atoms with Gasteiger partial charge in [0.2, 0.25) is 5.91 Å². The molecule has 0 aliphatic carbocycles. The summed E-state index contributed by atoms with van der Waals surface area (Å²) in [5, 5.41) is 11.7. The highest BCUT2D eigenvalue weighted by Gasteiger charge is 2.23. The maximum atomic E-state index is 11.9. The molecule has 5 nitrogen and oxygen atoms in total. The number of ether oxygens (including phenoxy) is 1. The third-order valence-corrected chi connectivity index (χ3v) is 3.49. The highest BCUT2D eigenvalue weighted by molar-refractivity contribution is 5.92. The molecule has 5 heteroatoms. The van der Waals surface area contributed by atoms with Crippen LogP contribution in [0.25, 0.3) is 0 Å². The molecule has 0 spiro atoms. The van der Waals surface area contributed by atoms with E-state index in [4.69, 9.17) is 9.84 Å². The largest absolute Gasteiger partial charge is 0.481 e. The number of amides is 1. The van der Waals surface area contributed by atoms with Crippen LogP contribution in [-0.2, 0) is 20.7 Å². The molecule has 0 radical (unpaired) electrons. The van der Waals surface area contributed by atoms with Crippen LogP contribution in [-0.4, -0.2) is 30.2 Å². The number of hydrogen-bond acceptors (Lipinski definition) is 3. The Bertz CT molecular complexity index is 477. The van der Waals surface area contributed by atoms with E-state index in [0.717, 1.165) is 17.7 Å². The van der Waals surface area contributed by atoms with Crippen LogP contribution < -0.4 is 5.32 Å². The van der Waals surface area contributed by atoms with E-state index in [2.05, 4.69) is 5.32 Å². The van der Waals surface area contributed by atoms with Crippen molar-refractivity contribution in [2.75, 3.05) is 18.5 Å². The number of carboxylic acids is 1. The van der Waals surface area contributed by atoms with Gasteiger partial charge in [-0.25, -0.2) is 0 Å². The summed E-state index contributed by atoms with van der Waals surface area (Å²) in [7, 11) is 0.